The van der Waals surface area contributed by atoms with E-state index in [0.717, 1.165) is 11.1 Å². The van der Waals surface area contributed by atoms with E-state index in [2.05, 4.69) is 21.3 Å². The Labute approximate surface area is 277 Å². The molecule has 5 atom stereocenters. The second-order valence-electron chi connectivity index (χ2n) is 12.7. The maximum absolute atomic E-state index is 13.9. The number of rotatable bonds is 20. The minimum Gasteiger partial charge on any atom is -0.480 e. The molecular weight excluding hydrogens is 600 g/mol. The fourth-order valence-electron chi connectivity index (χ4n) is 5.08. The molecule has 12 nitrogen and oxygen atoms in total. The molecule has 4 amide bonds. The Balaban J connectivity index is 2.34. The highest BCUT2D eigenvalue weighted by Crippen LogP contribution is 2.11. The quantitative estimate of drug-likeness (QED) is 0.105. The smallest absolute Gasteiger partial charge is 0.326 e. The first-order valence-corrected chi connectivity index (χ1v) is 16.3. The monoisotopic (exact) mass is 652 g/mol. The normalized spacial score (nSPS) is 14.4. The summed E-state index contributed by atoms with van der Waals surface area (Å²) in [6.07, 6.45) is 1.91. The van der Waals surface area contributed by atoms with Crippen molar-refractivity contribution in [3.05, 3.63) is 71.8 Å². The van der Waals surface area contributed by atoms with E-state index in [0.29, 0.717) is 25.8 Å². The van der Waals surface area contributed by atoms with Gasteiger partial charge in [0.05, 0.1) is 6.04 Å². The molecule has 258 valence electrons. The lowest BCUT2D eigenvalue weighted by Crippen LogP contribution is -2.60. The van der Waals surface area contributed by atoms with E-state index in [1.54, 1.807) is 38.1 Å². The molecule has 0 saturated carbocycles. The fourth-order valence-corrected chi connectivity index (χ4v) is 5.08. The average molecular weight is 653 g/mol. The van der Waals surface area contributed by atoms with E-state index in [4.69, 9.17) is 11.5 Å². The zero-order valence-corrected chi connectivity index (χ0v) is 27.9. The summed E-state index contributed by atoms with van der Waals surface area (Å²) in [7, 11) is 0. The molecule has 2 rings (SSSR count). The maximum Gasteiger partial charge on any atom is 0.326 e. The van der Waals surface area contributed by atoms with Gasteiger partial charge in [0.1, 0.15) is 24.2 Å². The first-order valence-electron chi connectivity index (χ1n) is 16.3. The Morgan fingerprint density at radius 3 is 1.55 bits per heavy atom. The largest absolute Gasteiger partial charge is 0.480 e. The Morgan fingerprint density at radius 1 is 0.660 bits per heavy atom. The SMILES string of the molecule is CC(C)CC(N)C(=O)NC(C(=O)NC(Cc1ccccc1)C(=O)NC(Cc1ccccc1)C(=O)NC(CCCCN)C(=O)O)C(C)C. The number of amides is 4. The zero-order chi connectivity index (χ0) is 34.9. The molecule has 0 aliphatic heterocycles. The van der Waals surface area contributed by atoms with Gasteiger partial charge in [-0.05, 0) is 55.2 Å². The molecule has 0 saturated heterocycles. The summed E-state index contributed by atoms with van der Waals surface area (Å²) >= 11 is 0. The molecule has 0 aromatic heterocycles. The number of hydrogen-bond donors (Lipinski definition) is 7. The number of aliphatic carboxylic acids is 1. The Hall–Kier alpha value is -4.29. The lowest BCUT2D eigenvalue weighted by Gasteiger charge is -2.28. The third-order valence-corrected chi connectivity index (χ3v) is 7.70. The summed E-state index contributed by atoms with van der Waals surface area (Å²) in [6, 6.07) is 12.9. The minimum absolute atomic E-state index is 0.0813. The molecular formula is C35H52N6O6. The standard InChI is InChI=1S/C35H52N6O6/c1-22(2)19-26(37)31(42)41-30(23(3)4)34(45)40-29(21-25-15-9-6-10-16-25)33(44)39-28(20-24-13-7-5-8-14-24)32(43)38-27(35(46)47)17-11-12-18-36/h5-10,13-16,22-23,26-30H,11-12,17-21,36-37H2,1-4H3,(H,38,43)(H,39,44)(H,40,45)(H,41,42)(H,46,47). The van der Waals surface area contributed by atoms with Gasteiger partial charge in [-0.1, -0.05) is 88.4 Å². The van der Waals surface area contributed by atoms with Crippen LogP contribution in [0.4, 0.5) is 0 Å². The lowest BCUT2D eigenvalue weighted by molar-refractivity contribution is -0.142. The number of carboxylic acid groups (broad SMARTS) is 1. The number of carbonyl (C=O) groups excluding carboxylic acids is 4. The molecule has 0 aliphatic carbocycles. The van der Waals surface area contributed by atoms with Crippen molar-refractivity contribution in [2.45, 2.75) is 96.4 Å². The molecule has 0 heterocycles. The van der Waals surface area contributed by atoms with Crippen molar-refractivity contribution in [2.75, 3.05) is 6.54 Å². The predicted molar refractivity (Wildman–Crippen MR) is 181 cm³/mol. The lowest BCUT2D eigenvalue weighted by atomic mass is 9.99. The first-order chi connectivity index (χ1) is 22.3. The van der Waals surface area contributed by atoms with Crippen molar-refractivity contribution < 1.29 is 29.1 Å². The predicted octanol–water partition coefficient (Wildman–Crippen LogP) is 1.65. The number of hydrogen-bond acceptors (Lipinski definition) is 7. The highest BCUT2D eigenvalue weighted by molar-refractivity contribution is 5.95. The Bertz CT molecular complexity index is 1290. The van der Waals surface area contributed by atoms with Gasteiger partial charge in [-0.3, -0.25) is 19.2 Å². The Morgan fingerprint density at radius 2 is 1.13 bits per heavy atom. The van der Waals surface area contributed by atoms with E-state index in [1.807, 2.05) is 50.2 Å². The molecule has 2 aromatic carbocycles. The van der Waals surface area contributed by atoms with Crippen LogP contribution in [-0.4, -0.2) is 71.5 Å². The van der Waals surface area contributed by atoms with Gasteiger partial charge >= 0.3 is 5.97 Å². The summed E-state index contributed by atoms with van der Waals surface area (Å²) in [4.78, 5) is 65.8. The highest BCUT2D eigenvalue weighted by atomic mass is 16.4. The minimum atomic E-state index is -1.19. The van der Waals surface area contributed by atoms with Crippen molar-refractivity contribution >= 4 is 29.6 Å². The van der Waals surface area contributed by atoms with Crippen LogP contribution < -0.4 is 32.7 Å². The van der Waals surface area contributed by atoms with Gasteiger partial charge in [-0.2, -0.15) is 0 Å². The number of nitrogens with two attached hydrogens (primary N) is 2. The van der Waals surface area contributed by atoms with Gasteiger partial charge in [-0.25, -0.2) is 4.79 Å². The molecule has 0 fully saturated rings. The van der Waals surface area contributed by atoms with Crippen molar-refractivity contribution in [1.29, 1.82) is 0 Å². The summed E-state index contributed by atoms with van der Waals surface area (Å²) < 4.78 is 0. The van der Waals surface area contributed by atoms with E-state index in [1.165, 1.54) is 0 Å². The van der Waals surface area contributed by atoms with Crippen LogP contribution in [0.25, 0.3) is 0 Å². The van der Waals surface area contributed by atoms with E-state index < -0.39 is 59.8 Å². The number of carboxylic acids is 1. The second kappa shape index (κ2) is 20.1. The third-order valence-electron chi connectivity index (χ3n) is 7.70. The van der Waals surface area contributed by atoms with Gasteiger partial charge in [0, 0.05) is 12.8 Å². The van der Waals surface area contributed by atoms with E-state index in [-0.39, 0.29) is 31.1 Å². The van der Waals surface area contributed by atoms with Gasteiger partial charge in [-0.15, -0.1) is 0 Å². The highest BCUT2D eigenvalue weighted by Gasteiger charge is 2.33. The molecule has 0 spiro atoms. The third kappa shape index (κ3) is 13.9. The summed E-state index contributed by atoms with van der Waals surface area (Å²) in [5, 5.41) is 20.6. The van der Waals surface area contributed by atoms with Crippen LogP contribution in [0.15, 0.2) is 60.7 Å². The number of benzene rings is 2. The van der Waals surface area contributed by atoms with Gasteiger partial charge < -0.3 is 37.8 Å². The fraction of sp³-hybridized carbons (Fsp3) is 0.514. The summed E-state index contributed by atoms with van der Waals surface area (Å²) in [6.45, 7) is 7.84. The molecule has 5 unspecified atom stereocenters. The van der Waals surface area contributed by atoms with Gasteiger partial charge in [0.15, 0.2) is 0 Å². The van der Waals surface area contributed by atoms with Crippen molar-refractivity contribution in [2.24, 2.45) is 23.3 Å². The van der Waals surface area contributed by atoms with Crippen LogP contribution in [-0.2, 0) is 36.8 Å². The van der Waals surface area contributed by atoms with Crippen LogP contribution in [0.2, 0.25) is 0 Å². The van der Waals surface area contributed by atoms with Gasteiger partial charge in [0.2, 0.25) is 23.6 Å². The van der Waals surface area contributed by atoms with Crippen molar-refractivity contribution in [3.8, 4) is 0 Å². The van der Waals surface area contributed by atoms with Crippen molar-refractivity contribution in [1.82, 2.24) is 21.3 Å². The molecule has 12 heteroatoms. The van der Waals surface area contributed by atoms with Crippen LogP contribution in [0.1, 0.15) is 64.5 Å². The van der Waals surface area contributed by atoms with E-state index >= 15 is 0 Å². The second-order valence-corrected chi connectivity index (χ2v) is 12.7. The molecule has 0 bridgehead atoms. The summed E-state index contributed by atoms with van der Waals surface area (Å²) in [5.74, 6) is -3.68. The average Bonchev–Trinajstić information content (AvgIpc) is 3.02. The first kappa shape index (κ1) is 38.9. The topological polar surface area (TPSA) is 206 Å². The van der Waals surface area contributed by atoms with Crippen LogP contribution in [0.3, 0.4) is 0 Å². The van der Waals surface area contributed by atoms with Crippen LogP contribution >= 0.6 is 0 Å². The van der Waals surface area contributed by atoms with E-state index in [9.17, 15) is 29.1 Å². The van der Waals surface area contributed by atoms with Crippen LogP contribution in [0, 0.1) is 11.8 Å². The number of unbranched alkanes of at least 4 members (excludes halogenated alkanes) is 1. The van der Waals surface area contributed by atoms with Crippen LogP contribution in [0.5, 0.6) is 0 Å². The summed E-state index contributed by atoms with van der Waals surface area (Å²) in [5.41, 5.74) is 13.1. The number of carbonyl (C=O) groups is 5. The van der Waals surface area contributed by atoms with Crippen molar-refractivity contribution in [3.63, 3.8) is 0 Å². The molecule has 0 aliphatic rings. The molecule has 0 radical (unpaired) electrons. The maximum atomic E-state index is 13.9. The zero-order valence-electron chi connectivity index (χ0n) is 27.9. The molecule has 9 N–H and O–H groups in total. The Kier molecular flexibility index (Phi) is 16.6. The van der Waals surface area contributed by atoms with Gasteiger partial charge in [0.25, 0.3) is 0 Å². The molecule has 2 aromatic rings. The number of nitrogens with one attached hydrogen (secondary N) is 4. The molecule has 47 heavy (non-hydrogen) atoms.